The van der Waals surface area contributed by atoms with Gasteiger partial charge in [0.2, 0.25) is 5.78 Å². The topological polar surface area (TPSA) is 104 Å². The Labute approximate surface area is 169 Å². The standard InChI is InChI=1S/C20H20ClO6P/c1-9-6-14(24)17(20(26)18(9)21)19(25)16-11(5-4-10(2)28)15(27-3)7-13(23)12(16)8-22/h4,6-8,23-24,26H,5,28H2,1-3H3/b10-4-. The van der Waals surface area contributed by atoms with Gasteiger partial charge in [-0.2, -0.15) is 0 Å². The second kappa shape index (κ2) is 8.63. The van der Waals surface area contributed by atoms with Crippen molar-refractivity contribution in [1.82, 2.24) is 0 Å². The molecule has 0 aromatic heterocycles. The predicted octanol–water partition coefficient (Wildman–Crippen LogP) is 4.14. The monoisotopic (exact) mass is 422 g/mol. The van der Waals surface area contributed by atoms with Crippen molar-refractivity contribution >= 4 is 32.9 Å². The first kappa shape index (κ1) is 21.7. The molecule has 0 radical (unpaired) electrons. The molecule has 0 fully saturated rings. The van der Waals surface area contributed by atoms with E-state index in [1.54, 1.807) is 13.0 Å². The van der Waals surface area contributed by atoms with Crippen LogP contribution in [-0.2, 0) is 6.42 Å². The second-order valence-electron chi connectivity index (χ2n) is 6.21. The Kier molecular flexibility index (Phi) is 6.70. The number of hydrogen-bond donors (Lipinski definition) is 3. The predicted molar refractivity (Wildman–Crippen MR) is 110 cm³/mol. The minimum absolute atomic E-state index is 0.0943. The molecule has 148 valence electrons. The molecule has 2 aromatic rings. The van der Waals surface area contributed by atoms with Crippen molar-refractivity contribution in [2.24, 2.45) is 0 Å². The van der Waals surface area contributed by atoms with E-state index in [0.717, 1.165) is 5.31 Å². The average molecular weight is 423 g/mol. The maximum absolute atomic E-state index is 13.3. The highest BCUT2D eigenvalue weighted by atomic mass is 35.5. The van der Waals surface area contributed by atoms with E-state index in [2.05, 4.69) is 9.24 Å². The van der Waals surface area contributed by atoms with Crippen molar-refractivity contribution in [2.45, 2.75) is 20.3 Å². The molecule has 0 aliphatic heterocycles. The quantitative estimate of drug-likeness (QED) is 0.367. The minimum atomic E-state index is -0.863. The number of rotatable bonds is 6. The highest BCUT2D eigenvalue weighted by Gasteiger charge is 2.29. The van der Waals surface area contributed by atoms with Crippen LogP contribution < -0.4 is 4.74 Å². The lowest BCUT2D eigenvalue weighted by atomic mass is 9.89. The van der Waals surface area contributed by atoms with E-state index >= 15 is 0 Å². The molecule has 6 nitrogen and oxygen atoms in total. The number of benzene rings is 2. The number of methoxy groups -OCH3 is 1. The molecule has 28 heavy (non-hydrogen) atoms. The first-order valence-corrected chi connectivity index (χ1v) is 9.15. The van der Waals surface area contributed by atoms with Crippen LogP contribution in [0.25, 0.3) is 0 Å². The highest BCUT2D eigenvalue weighted by Crippen LogP contribution is 2.41. The van der Waals surface area contributed by atoms with Gasteiger partial charge in [-0.3, -0.25) is 9.59 Å². The molecule has 0 aliphatic carbocycles. The van der Waals surface area contributed by atoms with Gasteiger partial charge in [0, 0.05) is 17.2 Å². The van der Waals surface area contributed by atoms with E-state index in [-0.39, 0.29) is 28.3 Å². The lowest BCUT2D eigenvalue weighted by Gasteiger charge is -2.17. The number of phenolic OH excluding ortho intramolecular Hbond substituents is 3. The van der Waals surface area contributed by atoms with Crippen LogP contribution in [0.15, 0.2) is 23.5 Å². The molecular weight excluding hydrogens is 403 g/mol. The number of ketones is 1. The van der Waals surface area contributed by atoms with Crippen LogP contribution in [0.2, 0.25) is 5.02 Å². The summed E-state index contributed by atoms with van der Waals surface area (Å²) in [5.74, 6) is -2.23. The van der Waals surface area contributed by atoms with E-state index in [9.17, 15) is 24.9 Å². The number of allylic oxidation sites excluding steroid dienone is 2. The fourth-order valence-electron chi connectivity index (χ4n) is 2.84. The second-order valence-corrected chi connectivity index (χ2v) is 7.50. The smallest absolute Gasteiger partial charge is 0.201 e. The highest BCUT2D eigenvalue weighted by molar-refractivity contribution is 7.22. The molecule has 0 saturated heterocycles. The summed E-state index contributed by atoms with van der Waals surface area (Å²) in [6, 6.07) is 2.48. The number of ether oxygens (including phenoxy) is 1. The molecule has 1 atom stereocenters. The zero-order chi connectivity index (χ0) is 21.2. The number of hydrogen-bond acceptors (Lipinski definition) is 6. The molecule has 3 N–H and O–H groups in total. The molecule has 2 aromatic carbocycles. The third-order valence-corrected chi connectivity index (χ3v) is 4.95. The summed E-state index contributed by atoms with van der Waals surface area (Å²) in [6.45, 7) is 3.39. The summed E-state index contributed by atoms with van der Waals surface area (Å²) in [5, 5.41) is 31.6. The third kappa shape index (κ3) is 3.98. The van der Waals surface area contributed by atoms with Crippen molar-refractivity contribution in [3.8, 4) is 23.0 Å². The van der Waals surface area contributed by atoms with Crippen LogP contribution in [0.3, 0.4) is 0 Å². The fraction of sp³-hybridized carbons (Fsp3) is 0.200. The summed E-state index contributed by atoms with van der Waals surface area (Å²) in [5.41, 5.74) is -0.214. The van der Waals surface area contributed by atoms with Crippen molar-refractivity contribution in [1.29, 1.82) is 0 Å². The summed E-state index contributed by atoms with van der Waals surface area (Å²) < 4.78 is 5.27. The maximum Gasteiger partial charge on any atom is 0.201 e. The molecule has 2 rings (SSSR count). The molecule has 0 spiro atoms. The average Bonchev–Trinajstić information content (AvgIpc) is 2.63. The molecule has 0 heterocycles. The first-order valence-electron chi connectivity index (χ1n) is 8.19. The van der Waals surface area contributed by atoms with Crippen LogP contribution in [0.1, 0.15) is 44.3 Å². The van der Waals surface area contributed by atoms with E-state index in [1.165, 1.54) is 19.2 Å². The maximum atomic E-state index is 13.3. The SMILES string of the molecule is COc1cc(O)c(C=O)c(C(=O)c2c(O)cc(C)c(Cl)c2O)c1C/C=C(/C)P. The molecule has 0 bridgehead atoms. The van der Waals surface area contributed by atoms with Gasteiger partial charge in [0.1, 0.15) is 28.6 Å². The van der Waals surface area contributed by atoms with E-state index in [4.69, 9.17) is 16.3 Å². The van der Waals surface area contributed by atoms with Gasteiger partial charge in [-0.05, 0) is 31.9 Å². The normalized spacial score (nSPS) is 11.4. The number of carbonyl (C=O) groups is 2. The number of phenols is 3. The van der Waals surface area contributed by atoms with E-state index in [1.807, 2.05) is 6.92 Å². The van der Waals surface area contributed by atoms with Gasteiger partial charge in [-0.25, -0.2) is 0 Å². The Hall–Kier alpha value is -2.56. The van der Waals surface area contributed by atoms with Crippen molar-refractivity contribution in [3.63, 3.8) is 0 Å². The summed E-state index contributed by atoms with van der Waals surface area (Å²) in [7, 11) is 3.86. The van der Waals surface area contributed by atoms with Crippen molar-refractivity contribution in [3.05, 3.63) is 56.4 Å². The van der Waals surface area contributed by atoms with Gasteiger partial charge in [0.05, 0.1) is 17.7 Å². The van der Waals surface area contributed by atoms with E-state index < -0.39 is 28.6 Å². The first-order chi connectivity index (χ1) is 13.1. The number of carbonyl (C=O) groups excluding carboxylic acids is 2. The van der Waals surface area contributed by atoms with Crippen LogP contribution >= 0.6 is 20.8 Å². The van der Waals surface area contributed by atoms with E-state index in [0.29, 0.717) is 17.4 Å². The zero-order valence-electron chi connectivity index (χ0n) is 15.5. The number of aldehydes is 1. The molecule has 0 saturated carbocycles. The molecule has 0 aliphatic rings. The zero-order valence-corrected chi connectivity index (χ0v) is 17.4. The van der Waals surface area contributed by atoms with Gasteiger partial charge in [-0.15, -0.1) is 9.24 Å². The van der Waals surface area contributed by atoms with Gasteiger partial charge in [0.25, 0.3) is 0 Å². The lowest BCUT2D eigenvalue weighted by molar-refractivity contribution is 0.102. The summed E-state index contributed by atoms with van der Waals surface area (Å²) >= 11 is 6.02. The van der Waals surface area contributed by atoms with Crippen molar-refractivity contribution in [2.75, 3.05) is 7.11 Å². The summed E-state index contributed by atoms with van der Waals surface area (Å²) in [4.78, 5) is 24.9. The van der Waals surface area contributed by atoms with Gasteiger partial charge in [0.15, 0.2) is 6.29 Å². The molecule has 8 heteroatoms. The Balaban J connectivity index is 2.88. The van der Waals surface area contributed by atoms with Gasteiger partial charge < -0.3 is 20.1 Å². The Bertz CT molecular complexity index is 993. The van der Waals surface area contributed by atoms with Crippen LogP contribution in [0.5, 0.6) is 23.0 Å². The minimum Gasteiger partial charge on any atom is -0.507 e. The number of aromatic hydroxyl groups is 3. The number of halogens is 1. The summed E-state index contributed by atoms with van der Waals surface area (Å²) in [6.07, 6.45) is 2.33. The lowest BCUT2D eigenvalue weighted by Crippen LogP contribution is -2.12. The number of aryl methyl sites for hydroxylation is 1. The van der Waals surface area contributed by atoms with Crippen LogP contribution in [0, 0.1) is 6.92 Å². The fourth-order valence-corrected chi connectivity index (χ4v) is 3.10. The van der Waals surface area contributed by atoms with Gasteiger partial charge >= 0.3 is 0 Å². The molecule has 1 unspecified atom stereocenters. The van der Waals surface area contributed by atoms with Crippen LogP contribution in [0.4, 0.5) is 0 Å². The molecular formula is C20H20ClO6P. The Morgan fingerprint density at radius 2 is 1.86 bits per heavy atom. The van der Waals surface area contributed by atoms with Crippen LogP contribution in [-0.4, -0.2) is 34.5 Å². The largest absolute Gasteiger partial charge is 0.507 e. The molecule has 0 amide bonds. The third-order valence-electron chi connectivity index (χ3n) is 4.23. The Morgan fingerprint density at radius 1 is 1.21 bits per heavy atom. The van der Waals surface area contributed by atoms with Crippen molar-refractivity contribution < 1.29 is 29.6 Å². The van der Waals surface area contributed by atoms with Gasteiger partial charge in [-0.1, -0.05) is 23.0 Å². The Morgan fingerprint density at radius 3 is 2.39 bits per heavy atom.